The molecular formula is C26H18Cl5F2N3O4. The smallest absolute Gasteiger partial charge is 0.257 e. The summed E-state index contributed by atoms with van der Waals surface area (Å²) < 4.78 is 32.3. The number of amides is 3. The van der Waals surface area contributed by atoms with E-state index in [2.05, 4.69) is 15.4 Å². The van der Waals surface area contributed by atoms with Gasteiger partial charge in [0.25, 0.3) is 11.8 Å². The summed E-state index contributed by atoms with van der Waals surface area (Å²) in [6, 6.07) is 10.7. The Morgan fingerprint density at radius 1 is 0.900 bits per heavy atom. The molecule has 210 valence electrons. The van der Waals surface area contributed by atoms with Gasteiger partial charge in [-0.2, -0.15) is 0 Å². The molecule has 0 heterocycles. The molecule has 3 amide bonds. The van der Waals surface area contributed by atoms with Crippen LogP contribution in [0.1, 0.15) is 21.8 Å². The Hall–Kier alpha value is -2.66. The maximum absolute atomic E-state index is 14.9. The van der Waals surface area contributed by atoms with Gasteiger partial charge in [-0.3, -0.25) is 14.4 Å². The van der Waals surface area contributed by atoms with E-state index in [1.54, 1.807) is 18.2 Å². The van der Waals surface area contributed by atoms with E-state index in [1.807, 2.05) is 5.32 Å². The van der Waals surface area contributed by atoms with Crippen molar-refractivity contribution in [1.29, 1.82) is 0 Å². The lowest BCUT2D eigenvalue weighted by atomic mass is 10.1. The van der Waals surface area contributed by atoms with Crippen LogP contribution in [0.2, 0.25) is 15.1 Å². The number of methoxy groups -OCH3 is 1. The van der Waals surface area contributed by atoms with Gasteiger partial charge in [0.05, 0.1) is 32.2 Å². The lowest BCUT2D eigenvalue weighted by Crippen LogP contribution is -2.20. The molecule has 0 spiro atoms. The molecule has 40 heavy (non-hydrogen) atoms. The van der Waals surface area contributed by atoms with Gasteiger partial charge in [0.2, 0.25) is 5.91 Å². The van der Waals surface area contributed by atoms with Gasteiger partial charge in [0, 0.05) is 18.7 Å². The van der Waals surface area contributed by atoms with Crippen molar-refractivity contribution in [3.8, 4) is 0 Å². The zero-order chi connectivity index (χ0) is 29.4. The Morgan fingerprint density at radius 2 is 1.60 bits per heavy atom. The highest BCUT2D eigenvalue weighted by atomic mass is 35.5. The zero-order valence-electron chi connectivity index (χ0n) is 20.3. The molecule has 1 aliphatic rings. The maximum Gasteiger partial charge on any atom is 0.257 e. The molecule has 3 aromatic carbocycles. The first-order valence-electron chi connectivity index (χ1n) is 11.4. The SMILES string of the molecule is COCC(=O)Nc1c(F)ccc(NC(=O)c2cc(NC(=O)C3[C@H](c4ccc(Cl)c(Cl)c4)C3(Cl)Cl)ccc2Cl)c1F. The molecule has 0 radical (unpaired) electrons. The van der Waals surface area contributed by atoms with Crippen LogP contribution in [-0.2, 0) is 14.3 Å². The molecule has 3 N–H and O–H groups in total. The van der Waals surface area contributed by atoms with Crippen LogP contribution < -0.4 is 16.0 Å². The molecular weight excluding hydrogens is 634 g/mol. The third-order valence-electron chi connectivity index (χ3n) is 6.00. The lowest BCUT2D eigenvalue weighted by Gasteiger charge is -2.13. The Balaban J connectivity index is 1.51. The normalized spacial score (nSPS) is 17.2. The molecule has 0 saturated heterocycles. The number of hydrogen-bond donors (Lipinski definition) is 3. The number of nitrogens with one attached hydrogen (secondary N) is 3. The summed E-state index contributed by atoms with van der Waals surface area (Å²) in [5.74, 6) is -5.90. The summed E-state index contributed by atoms with van der Waals surface area (Å²) in [6.07, 6.45) is 0. The molecule has 1 aliphatic carbocycles. The van der Waals surface area contributed by atoms with Crippen LogP contribution in [0, 0.1) is 17.6 Å². The van der Waals surface area contributed by atoms with E-state index >= 15 is 0 Å². The number of carbonyl (C=O) groups is 3. The van der Waals surface area contributed by atoms with Crippen LogP contribution >= 0.6 is 58.0 Å². The van der Waals surface area contributed by atoms with Crippen LogP contribution in [0.5, 0.6) is 0 Å². The zero-order valence-corrected chi connectivity index (χ0v) is 24.0. The molecule has 0 bridgehead atoms. The second kappa shape index (κ2) is 12.1. The van der Waals surface area contributed by atoms with Crippen LogP contribution in [0.4, 0.5) is 25.8 Å². The van der Waals surface area contributed by atoms with Gasteiger partial charge in [-0.05, 0) is 48.0 Å². The van der Waals surface area contributed by atoms with E-state index in [0.717, 1.165) is 12.1 Å². The van der Waals surface area contributed by atoms with Crippen molar-refractivity contribution < 1.29 is 27.9 Å². The monoisotopic (exact) mass is 649 g/mol. The first-order valence-corrected chi connectivity index (χ1v) is 13.3. The Labute approximate surface area is 252 Å². The highest BCUT2D eigenvalue weighted by molar-refractivity contribution is 6.53. The average Bonchev–Trinajstić information content (AvgIpc) is 3.48. The Kier molecular flexibility index (Phi) is 9.14. The molecule has 0 aromatic heterocycles. The molecule has 1 fully saturated rings. The number of hydrogen-bond acceptors (Lipinski definition) is 4. The van der Waals surface area contributed by atoms with E-state index in [9.17, 15) is 23.2 Å². The number of benzene rings is 3. The van der Waals surface area contributed by atoms with Crippen LogP contribution in [-0.4, -0.2) is 35.8 Å². The highest BCUT2D eigenvalue weighted by Crippen LogP contribution is 2.65. The predicted molar refractivity (Wildman–Crippen MR) is 152 cm³/mol. The summed E-state index contributed by atoms with van der Waals surface area (Å²) in [6.45, 7) is -0.437. The Bertz CT molecular complexity index is 1520. The highest BCUT2D eigenvalue weighted by Gasteiger charge is 2.67. The van der Waals surface area contributed by atoms with Crippen molar-refractivity contribution >= 4 is 92.8 Å². The van der Waals surface area contributed by atoms with Gasteiger partial charge in [-0.15, -0.1) is 23.2 Å². The maximum atomic E-state index is 14.9. The average molecular weight is 652 g/mol. The van der Waals surface area contributed by atoms with Crippen molar-refractivity contribution in [2.45, 2.75) is 10.3 Å². The fourth-order valence-corrected chi connectivity index (χ4v) is 5.37. The number of alkyl halides is 2. The van der Waals surface area contributed by atoms with Crippen molar-refractivity contribution in [3.05, 3.63) is 86.4 Å². The van der Waals surface area contributed by atoms with Crippen molar-refractivity contribution in [2.24, 2.45) is 5.92 Å². The summed E-state index contributed by atoms with van der Waals surface area (Å²) in [7, 11) is 1.24. The van der Waals surface area contributed by atoms with Gasteiger partial charge in [0.15, 0.2) is 5.82 Å². The van der Waals surface area contributed by atoms with E-state index in [-0.39, 0.29) is 21.3 Å². The van der Waals surface area contributed by atoms with Crippen LogP contribution in [0.25, 0.3) is 0 Å². The number of anilines is 3. The van der Waals surface area contributed by atoms with E-state index < -0.39 is 63.5 Å². The summed E-state index contributed by atoms with van der Waals surface area (Å²) in [4.78, 5) is 37.7. The Morgan fingerprint density at radius 3 is 2.27 bits per heavy atom. The van der Waals surface area contributed by atoms with Crippen molar-refractivity contribution in [1.82, 2.24) is 0 Å². The van der Waals surface area contributed by atoms with E-state index in [0.29, 0.717) is 10.6 Å². The van der Waals surface area contributed by atoms with Gasteiger partial charge in [-0.1, -0.05) is 40.9 Å². The van der Waals surface area contributed by atoms with Crippen LogP contribution in [0.15, 0.2) is 48.5 Å². The molecule has 2 atom stereocenters. The molecule has 1 saturated carbocycles. The van der Waals surface area contributed by atoms with Gasteiger partial charge >= 0.3 is 0 Å². The predicted octanol–water partition coefficient (Wildman–Crippen LogP) is 7.29. The third-order valence-corrected chi connectivity index (χ3v) is 8.01. The molecule has 14 heteroatoms. The number of carbonyl (C=O) groups excluding carboxylic acids is 3. The van der Waals surface area contributed by atoms with Gasteiger partial charge in [-0.25, -0.2) is 8.78 Å². The fourth-order valence-electron chi connectivity index (χ4n) is 4.03. The van der Waals surface area contributed by atoms with Crippen LogP contribution in [0.3, 0.4) is 0 Å². The standard InChI is InChI=1S/C26H18Cl5F2N3O4/c1-40-10-19(37)36-23-17(32)6-7-18(22(23)33)35-24(38)13-9-12(3-5-14(13)27)34-25(39)21-20(26(21,30)31)11-2-4-15(28)16(29)8-11/h2-9,20-21H,10H2,1H3,(H,34,39)(H,35,38)(H,36,37)/t20-,21?/m0/s1. The largest absolute Gasteiger partial charge is 0.375 e. The van der Waals surface area contributed by atoms with Gasteiger partial charge in [0.1, 0.15) is 22.4 Å². The quantitative estimate of drug-likeness (QED) is 0.223. The lowest BCUT2D eigenvalue weighted by molar-refractivity contribution is -0.119. The molecule has 1 unspecified atom stereocenters. The summed E-state index contributed by atoms with van der Waals surface area (Å²) in [5.41, 5.74) is -0.530. The second-order valence-electron chi connectivity index (χ2n) is 8.71. The van der Waals surface area contributed by atoms with Crippen molar-refractivity contribution in [2.75, 3.05) is 29.7 Å². The third kappa shape index (κ3) is 6.30. The fraction of sp³-hybridized carbons (Fsp3) is 0.192. The van der Waals surface area contributed by atoms with E-state index in [1.165, 1.54) is 25.3 Å². The van der Waals surface area contributed by atoms with Gasteiger partial charge < -0.3 is 20.7 Å². The minimum atomic E-state index is -1.41. The van der Waals surface area contributed by atoms with E-state index in [4.69, 9.17) is 58.0 Å². The number of ether oxygens (including phenoxy) is 1. The molecule has 0 aliphatic heterocycles. The topological polar surface area (TPSA) is 96.5 Å². The summed E-state index contributed by atoms with van der Waals surface area (Å²) >= 11 is 31.0. The first-order chi connectivity index (χ1) is 18.8. The molecule has 7 nitrogen and oxygen atoms in total. The molecule has 4 rings (SSSR count). The minimum Gasteiger partial charge on any atom is -0.375 e. The second-order valence-corrected chi connectivity index (χ2v) is 11.4. The number of halogens is 7. The molecule has 3 aromatic rings. The van der Waals surface area contributed by atoms with Crippen molar-refractivity contribution in [3.63, 3.8) is 0 Å². The minimum absolute atomic E-state index is 0.0178. The summed E-state index contributed by atoms with van der Waals surface area (Å²) in [5, 5.41) is 7.57. The number of rotatable bonds is 8. The first kappa shape index (κ1) is 30.3.